The molecule has 6 aliphatic rings. The summed E-state index contributed by atoms with van der Waals surface area (Å²) < 4.78 is 152. The third-order valence-corrected chi connectivity index (χ3v) is 15.7. The summed E-state index contributed by atoms with van der Waals surface area (Å²) in [6.45, 7) is 22.0. The zero-order valence-electron chi connectivity index (χ0n) is 50.7. The number of carbonyl (C=O) groups excluding carboxylic acids is 4. The second-order valence-corrected chi connectivity index (χ2v) is 27.3. The van der Waals surface area contributed by atoms with Gasteiger partial charge in [-0.25, -0.2) is 9.59 Å². The van der Waals surface area contributed by atoms with Gasteiger partial charge in [0, 0.05) is 72.2 Å². The van der Waals surface area contributed by atoms with Crippen LogP contribution in [-0.4, -0.2) is 158 Å². The van der Waals surface area contributed by atoms with E-state index in [9.17, 15) is 58.5 Å². The van der Waals surface area contributed by atoms with E-state index in [1.54, 1.807) is 78.2 Å². The van der Waals surface area contributed by atoms with Gasteiger partial charge >= 0.3 is 94.8 Å². The SMILES string of the molecule is CC(C)(C)OC(=O)C1(c2ccc(Cl)c(C(F)(F)F)c2)CCOCC1.CC(C)(C)OC(=O)N1CC2CN(C[B-](F)(F)F)CC2C1.CC(C)(C)OC(=O)N1CC2CN(Cc3ccc(C4(C(=O)OC(C)(C)C)CCOCC4)cc3C(F)(F)F)CC2C1.[K+]. The molecule has 14 nitrogen and oxygen atoms in total. The molecular formula is C58H82BClF9KN4O10. The topological polar surface area (TPSA) is 137 Å². The molecule has 6 aliphatic heterocycles. The minimum atomic E-state index is -4.77. The average molecular weight is 1250 g/mol. The van der Waals surface area contributed by atoms with Gasteiger partial charge in [-0.15, -0.1) is 0 Å². The number of halogens is 10. The summed E-state index contributed by atoms with van der Waals surface area (Å²) in [5.74, 6) is -0.372. The Morgan fingerprint density at radius 2 is 0.857 bits per heavy atom. The third-order valence-electron chi connectivity index (χ3n) is 15.4. The number of nitrogens with zero attached hydrogens (tertiary/aromatic N) is 4. The quantitative estimate of drug-likeness (QED) is 0.108. The van der Waals surface area contributed by atoms with Crippen molar-refractivity contribution < 1.29 is 138 Å². The molecule has 2 amide bonds. The minimum Gasteiger partial charge on any atom is -0.459 e. The summed E-state index contributed by atoms with van der Waals surface area (Å²) in [6, 6.07) is 7.92. The van der Waals surface area contributed by atoms with Gasteiger partial charge < -0.3 is 56.1 Å². The van der Waals surface area contributed by atoms with E-state index in [0.717, 1.165) is 12.1 Å². The standard InChI is InChI=1S/C29H41F3N2O5.C17H20ClF3O3.C12H21BF3N2O2.K/c1-26(2,3)38-24(35)28(9-11-37-12-10-28)22-8-7-19(23(13-22)29(30,31)32)14-33-15-20-17-34(18-21(20)16-33)25(36)39-27(4,5)6;1-15(2,3)24-14(22)16(6-8-23-9-7-16)11-4-5-13(18)12(10-11)17(19,20)21;1-12(2,3)20-11(19)18-6-9-4-17(5-10(9)7-18)8-13(14,15)16;/h7-8,13,20-21H,9-12,14-18H2,1-6H3;4-5,10H,6-9H2,1-3H3;9-10H,4-8H2,1-3H3;/q;;-1;+1. The Balaban J connectivity index is 0.000000246. The van der Waals surface area contributed by atoms with Crippen LogP contribution >= 0.6 is 11.6 Å². The van der Waals surface area contributed by atoms with Crippen LogP contribution in [0.3, 0.4) is 0 Å². The van der Waals surface area contributed by atoms with E-state index in [0.29, 0.717) is 57.9 Å². The van der Waals surface area contributed by atoms with E-state index in [4.69, 9.17) is 40.0 Å². The van der Waals surface area contributed by atoms with Crippen molar-refractivity contribution in [3.05, 3.63) is 69.2 Å². The van der Waals surface area contributed by atoms with Crippen molar-refractivity contribution in [3.8, 4) is 0 Å². The van der Waals surface area contributed by atoms with Crippen LogP contribution in [0.15, 0.2) is 36.4 Å². The molecule has 4 atom stereocenters. The molecule has 8 rings (SSSR count). The Hall–Kier alpha value is -2.88. The zero-order valence-corrected chi connectivity index (χ0v) is 54.6. The summed E-state index contributed by atoms with van der Waals surface area (Å²) in [5, 5.41) is -0.391. The van der Waals surface area contributed by atoms with Crippen molar-refractivity contribution >= 4 is 42.7 Å². The Bertz CT molecular complexity index is 2580. The molecule has 0 N–H and O–H groups in total. The van der Waals surface area contributed by atoms with Gasteiger partial charge in [-0.2, -0.15) is 26.3 Å². The van der Waals surface area contributed by atoms with Gasteiger partial charge in [0.25, 0.3) is 0 Å². The van der Waals surface area contributed by atoms with Crippen LogP contribution in [0.2, 0.25) is 5.02 Å². The number of amides is 2. The molecule has 4 unspecified atom stereocenters. The first-order valence-corrected chi connectivity index (χ1v) is 28.7. The number of hydrogen-bond acceptors (Lipinski definition) is 12. The summed E-state index contributed by atoms with van der Waals surface area (Å²) in [7, 11) is 0. The second-order valence-electron chi connectivity index (χ2n) is 26.9. The molecule has 6 heterocycles. The molecule has 0 aromatic heterocycles. The van der Waals surface area contributed by atoms with Crippen LogP contribution in [0.5, 0.6) is 0 Å². The first kappa shape index (κ1) is 71.9. The average Bonchev–Trinajstić information content (AvgIpc) is 4.25. The molecule has 6 fully saturated rings. The molecule has 0 radical (unpaired) electrons. The molecule has 468 valence electrons. The third kappa shape index (κ3) is 19.8. The van der Waals surface area contributed by atoms with Gasteiger partial charge in [0.15, 0.2) is 0 Å². The van der Waals surface area contributed by atoms with E-state index >= 15 is 0 Å². The van der Waals surface area contributed by atoms with Crippen molar-refractivity contribution in [2.45, 2.75) is 161 Å². The molecule has 0 saturated carbocycles. The fraction of sp³-hybridized carbons (Fsp3) is 0.724. The summed E-state index contributed by atoms with van der Waals surface area (Å²) >= 11 is 5.69. The van der Waals surface area contributed by atoms with Crippen LogP contribution in [-0.2, 0) is 67.7 Å². The molecular weight excluding hydrogens is 1170 g/mol. The Morgan fingerprint density at radius 3 is 1.19 bits per heavy atom. The zero-order chi connectivity index (χ0) is 62.1. The fourth-order valence-corrected chi connectivity index (χ4v) is 11.9. The number of fused-ring (bicyclic) bond motifs is 2. The number of hydrogen-bond donors (Lipinski definition) is 0. The molecule has 26 heteroatoms. The number of ether oxygens (including phenoxy) is 6. The van der Waals surface area contributed by atoms with E-state index in [-0.39, 0.29) is 157 Å². The Morgan fingerprint density at radius 1 is 0.524 bits per heavy atom. The largest absolute Gasteiger partial charge is 1.00 e. The van der Waals surface area contributed by atoms with Crippen LogP contribution in [0.1, 0.15) is 137 Å². The smallest absolute Gasteiger partial charge is 0.459 e. The van der Waals surface area contributed by atoms with Crippen LogP contribution < -0.4 is 51.4 Å². The first-order valence-electron chi connectivity index (χ1n) is 28.3. The van der Waals surface area contributed by atoms with Crippen molar-refractivity contribution in [1.82, 2.24) is 19.6 Å². The van der Waals surface area contributed by atoms with Gasteiger partial charge in [-0.05, 0) is 187 Å². The number of alkyl halides is 6. The predicted octanol–water partition coefficient (Wildman–Crippen LogP) is 9.32. The molecule has 2 aromatic rings. The predicted molar refractivity (Wildman–Crippen MR) is 293 cm³/mol. The maximum absolute atomic E-state index is 14.4. The fourth-order valence-electron chi connectivity index (χ4n) is 11.7. The number of carbonyl (C=O) groups is 4. The van der Waals surface area contributed by atoms with Crippen LogP contribution in [0.4, 0.5) is 48.9 Å². The van der Waals surface area contributed by atoms with E-state index in [1.165, 1.54) is 23.1 Å². The Kier molecular flexibility index (Phi) is 23.5. The van der Waals surface area contributed by atoms with Crippen LogP contribution in [0, 0.1) is 23.7 Å². The molecule has 2 aromatic carbocycles. The monoisotopic (exact) mass is 1250 g/mol. The number of rotatable bonds is 8. The van der Waals surface area contributed by atoms with Crippen molar-refractivity contribution in [1.29, 1.82) is 0 Å². The summed E-state index contributed by atoms with van der Waals surface area (Å²) in [6.07, 6.45) is -9.60. The van der Waals surface area contributed by atoms with Gasteiger partial charge in [0.05, 0.1) is 27.0 Å². The van der Waals surface area contributed by atoms with E-state index < -0.39 is 87.1 Å². The van der Waals surface area contributed by atoms with Gasteiger partial charge in [-0.3, -0.25) is 14.5 Å². The Labute approximate surface area is 535 Å². The van der Waals surface area contributed by atoms with E-state index in [2.05, 4.69) is 0 Å². The summed E-state index contributed by atoms with van der Waals surface area (Å²) in [4.78, 5) is 57.3. The number of esters is 2. The maximum atomic E-state index is 14.4. The summed E-state index contributed by atoms with van der Waals surface area (Å²) in [5.41, 5.74) is -5.86. The van der Waals surface area contributed by atoms with Gasteiger partial charge in [0.2, 0.25) is 0 Å². The molecule has 0 spiro atoms. The number of likely N-dealkylation sites (tertiary alicyclic amines) is 4. The molecule has 84 heavy (non-hydrogen) atoms. The van der Waals surface area contributed by atoms with Crippen LogP contribution in [0.25, 0.3) is 0 Å². The van der Waals surface area contributed by atoms with Gasteiger partial charge in [0.1, 0.15) is 22.4 Å². The molecule has 6 saturated heterocycles. The minimum absolute atomic E-state index is 0. The maximum Gasteiger partial charge on any atom is 1.00 e. The van der Waals surface area contributed by atoms with E-state index in [1.807, 2.05) is 25.7 Å². The van der Waals surface area contributed by atoms with Crippen molar-refractivity contribution in [3.63, 3.8) is 0 Å². The van der Waals surface area contributed by atoms with Crippen molar-refractivity contribution in [2.24, 2.45) is 23.7 Å². The normalized spacial score (nSPS) is 23.0. The second kappa shape index (κ2) is 27.5. The van der Waals surface area contributed by atoms with Crippen molar-refractivity contribution in [2.75, 3.05) is 85.2 Å². The molecule has 0 bridgehead atoms. The molecule has 0 aliphatic carbocycles. The van der Waals surface area contributed by atoms with Gasteiger partial charge in [-0.1, -0.05) is 29.8 Å². The number of benzene rings is 2. The first-order chi connectivity index (χ1) is 38.0.